The number of sulfonamides is 1. The third kappa shape index (κ3) is 6.48. The Hall–Kier alpha value is -3.04. The highest BCUT2D eigenvalue weighted by Gasteiger charge is 2.21. The molecule has 172 valence electrons. The summed E-state index contributed by atoms with van der Waals surface area (Å²) in [6.45, 7) is 5.04. The Labute approximate surface area is 188 Å². The Morgan fingerprint density at radius 2 is 1.66 bits per heavy atom. The van der Waals surface area contributed by atoms with Crippen molar-refractivity contribution in [2.24, 2.45) is 5.92 Å². The minimum absolute atomic E-state index is 0.0403. The maximum atomic E-state index is 12.5. The molecule has 0 aliphatic carbocycles. The molecule has 0 aliphatic rings. The zero-order valence-corrected chi connectivity index (χ0v) is 19.7. The number of ketones is 1. The minimum Gasteiger partial charge on any atom is -0.454 e. The summed E-state index contributed by atoms with van der Waals surface area (Å²) in [7, 11) is -0.924. The fourth-order valence-electron chi connectivity index (χ4n) is 2.81. The highest BCUT2D eigenvalue weighted by molar-refractivity contribution is 7.89. The van der Waals surface area contributed by atoms with Gasteiger partial charge in [0.1, 0.15) is 0 Å². The van der Waals surface area contributed by atoms with Gasteiger partial charge in [-0.2, -0.15) is 0 Å². The van der Waals surface area contributed by atoms with Gasteiger partial charge in [0.05, 0.1) is 10.5 Å². The van der Waals surface area contributed by atoms with E-state index >= 15 is 0 Å². The molecule has 9 heteroatoms. The summed E-state index contributed by atoms with van der Waals surface area (Å²) in [5, 5.41) is 2.75. The summed E-state index contributed by atoms with van der Waals surface area (Å²) in [5.74, 6) is -1.09. The van der Waals surface area contributed by atoms with E-state index in [-0.39, 0.29) is 22.3 Å². The number of nitrogens with zero attached hydrogens (tertiary/aromatic N) is 1. The van der Waals surface area contributed by atoms with Crippen molar-refractivity contribution in [2.75, 3.05) is 26.0 Å². The number of esters is 1. The number of amides is 1. The van der Waals surface area contributed by atoms with Crippen LogP contribution in [0.4, 0.5) is 5.69 Å². The summed E-state index contributed by atoms with van der Waals surface area (Å²) >= 11 is 0. The van der Waals surface area contributed by atoms with Gasteiger partial charge in [-0.15, -0.1) is 0 Å². The molecule has 0 aromatic heterocycles. The van der Waals surface area contributed by atoms with Crippen LogP contribution in [0.5, 0.6) is 0 Å². The van der Waals surface area contributed by atoms with E-state index in [4.69, 9.17) is 4.74 Å². The molecular formula is C23H28N2O6S. The number of ether oxygens (including phenoxy) is 1. The van der Waals surface area contributed by atoms with E-state index in [2.05, 4.69) is 5.32 Å². The normalized spacial score (nSPS) is 11.5. The molecule has 8 nitrogen and oxygen atoms in total. The van der Waals surface area contributed by atoms with Gasteiger partial charge < -0.3 is 10.1 Å². The van der Waals surface area contributed by atoms with Gasteiger partial charge in [0.25, 0.3) is 0 Å². The van der Waals surface area contributed by atoms with Gasteiger partial charge in [0.2, 0.25) is 15.9 Å². The molecule has 0 heterocycles. The van der Waals surface area contributed by atoms with Crippen molar-refractivity contribution in [1.82, 2.24) is 4.31 Å². The Morgan fingerprint density at radius 1 is 1.03 bits per heavy atom. The van der Waals surface area contributed by atoms with E-state index in [1.165, 1.54) is 44.4 Å². The van der Waals surface area contributed by atoms with Crippen LogP contribution in [-0.4, -0.2) is 51.1 Å². The van der Waals surface area contributed by atoms with Crippen LogP contribution in [0.3, 0.4) is 0 Å². The van der Waals surface area contributed by atoms with Gasteiger partial charge >= 0.3 is 5.97 Å². The average molecular weight is 461 g/mol. The number of hydrogen-bond acceptors (Lipinski definition) is 6. The second-order valence-corrected chi connectivity index (χ2v) is 10.1. The zero-order valence-electron chi connectivity index (χ0n) is 18.8. The molecule has 0 saturated carbocycles. The number of benzene rings is 2. The van der Waals surface area contributed by atoms with Gasteiger partial charge in [0, 0.05) is 31.8 Å². The predicted molar refractivity (Wildman–Crippen MR) is 121 cm³/mol. The molecule has 0 saturated heterocycles. The number of nitrogens with one attached hydrogen (secondary N) is 1. The van der Waals surface area contributed by atoms with Gasteiger partial charge in [-0.25, -0.2) is 17.5 Å². The van der Waals surface area contributed by atoms with Crippen LogP contribution in [-0.2, 0) is 19.6 Å². The molecule has 0 fully saturated rings. The quantitative estimate of drug-likeness (QED) is 0.454. The lowest BCUT2D eigenvalue weighted by Gasteiger charge is -2.13. The lowest BCUT2D eigenvalue weighted by molar-refractivity contribution is -0.116. The smallest absolute Gasteiger partial charge is 0.338 e. The standard InChI is InChI=1S/C23H28N2O6S/c1-15(2)12-22(27)24-18-9-7-17(8-10-18)21(26)14-31-23(28)20-13-19(11-6-16(20)3)32(29,30)25(4)5/h6-11,13,15H,12,14H2,1-5H3,(H,24,27). The van der Waals surface area contributed by atoms with Gasteiger partial charge in [0.15, 0.2) is 12.4 Å². The maximum Gasteiger partial charge on any atom is 0.338 e. The molecule has 2 rings (SSSR count). The highest BCUT2D eigenvalue weighted by atomic mass is 32.2. The second-order valence-electron chi connectivity index (χ2n) is 7.99. The number of aryl methyl sites for hydroxylation is 1. The summed E-state index contributed by atoms with van der Waals surface area (Å²) in [6, 6.07) is 10.5. The van der Waals surface area contributed by atoms with E-state index in [0.29, 0.717) is 23.2 Å². The summed E-state index contributed by atoms with van der Waals surface area (Å²) < 4.78 is 30.8. The number of carbonyl (C=O) groups is 3. The SMILES string of the molecule is Cc1ccc(S(=O)(=O)N(C)C)cc1C(=O)OCC(=O)c1ccc(NC(=O)CC(C)C)cc1. The van der Waals surface area contributed by atoms with E-state index in [1.807, 2.05) is 13.8 Å². The molecule has 0 bridgehead atoms. The van der Waals surface area contributed by atoms with Crippen LogP contribution in [0.2, 0.25) is 0 Å². The Bertz CT molecular complexity index is 1110. The number of anilines is 1. The van der Waals surface area contributed by atoms with Crippen LogP contribution in [0.1, 0.15) is 46.5 Å². The molecule has 0 aliphatic heterocycles. The van der Waals surface area contributed by atoms with Gasteiger partial charge in [-0.05, 0) is 54.8 Å². The van der Waals surface area contributed by atoms with Gasteiger partial charge in [-0.3, -0.25) is 9.59 Å². The first kappa shape index (κ1) is 25.2. The monoisotopic (exact) mass is 460 g/mol. The van der Waals surface area contributed by atoms with Crippen molar-refractivity contribution in [3.8, 4) is 0 Å². The van der Waals surface area contributed by atoms with Crippen LogP contribution < -0.4 is 5.32 Å². The Balaban J connectivity index is 2.04. The van der Waals surface area contributed by atoms with Crippen LogP contribution in [0, 0.1) is 12.8 Å². The van der Waals surface area contributed by atoms with E-state index < -0.39 is 28.4 Å². The predicted octanol–water partition coefficient (Wildman–Crippen LogP) is 3.27. The Kier molecular flexibility index (Phi) is 8.29. The molecular weight excluding hydrogens is 432 g/mol. The first-order chi connectivity index (χ1) is 14.9. The summed E-state index contributed by atoms with van der Waals surface area (Å²) in [5.41, 5.74) is 1.49. The van der Waals surface area contributed by atoms with Crippen molar-refractivity contribution in [1.29, 1.82) is 0 Å². The van der Waals surface area contributed by atoms with Crippen molar-refractivity contribution in [2.45, 2.75) is 32.1 Å². The molecule has 1 N–H and O–H groups in total. The molecule has 0 radical (unpaired) electrons. The molecule has 1 amide bonds. The average Bonchev–Trinajstić information content (AvgIpc) is 2.71. The highest BCUT2D eigenvalue weighted by Crippen LogP contribution is 2.19. The molecule has 0 spiro atoms. The summed E-state index contributed by atoms with van der Waals surface area (Å²) in [4.78, 5) is 36.7. The third-order valence-corrected chi connectivity index (χ3v) is 6.44. The van der Waals surface area contributed by atoms with Gasteiger partial charge in [-0.1, -0.05) is 19.9 Å². The van der Waals surface area contributed by atoms with Crippen LogP contribution in [0.25, 0.3) is 0 Å². The van der Waals surface area contributed by atoms with E-state index in [1.54, 1.807) is 19.1 Å². The van der Waals surface area contributed by atoms with Crippen molar-refractivity contribution < 1.29 is 27.5 Å². The van der Waals surface area contributed by atoms with E-state index in [0.717, 1.165) is 4.31 Å². The largest absolute Gasteiger partial charge is 0.454 e. The van der Waals surface area contributed by atoms with Crippen molar-refractivity contribution >= 4 is 33.4 Å². The van der Waals surface area contributed by atoms with Crippen LogP contribution in [0.15, 0.2) is 47.4 Å². The fourth-order valence-corrected chi connectivity index (χ4v) is 3.74. The molecule has 2 aromatic carbocycles. The maximum absolute atomic E-state index is 12.5. The lowest BCUT2D eigenvalue weighted by Crippen LogP contribution is -2.23. The lowest BCUT2D eigenvalue weighted by atomic mass is 10.1. The van der Waals surface area contributed by atoms with Crippen molar-refractivity contribution in [3.05, 3.63) is 59.2 Å². The number of hydrogen-bond donors (Lipinski definition) is 1. The number of rotatable bonds is 9. The first-order valence-corrected chi connectivity index (χ1v) is 11.5. The fraction of sp³-hybridized carbons (Fsp3) is 0.348. The Morgan fingerprint density at radius 3 is 2.22 bits per heavy atom. The molecule has 0 unspecified atom stereocenters. The van der Waals surface area contributed by atoms with Crippen molar-refractivity contribution in [3.63, 3.8) is 0 Å². The molecule has 32 heavy (non-hydrogen) atoms. The zero-order chi connectivity index (χ0) is 24.1. The van der Waals surface area contributed by atoms with E-state index in [9.17, 15) is 22.8 Å². The van der Waals surface area contributed by atoms with Crippen LogP contribution >= 0.6 is 0 Å². The first-order valence-electron chi connectivity index (χ1n) is 10.0. The molecule has 0 atom stereocenters. The molecule has 2 aromatic rings. The topological polar surface area (TPSA) is 110 Å². The number of carbonyl (C=O) groups excluding carboxylic acids is 3. The third-order valence-electron chi connectivity index (χ3n) is 4.63. The summed E-state index contributed by atoms with van der Waals surface area (Å²) in [6.07, 6.45) is 0.396. The minimum atomic E-state index is -3.71. The second kappa shape index (κ2) is 10.5. The number of Topliss-reactive ketones (excluding diaryl/α,β-unsaturated/α-hetero) is 1.